The number of rotatable bonds is 3. The predicted octanol–water partition coefficient (Wildman–Crippen LogP) is 4.70. The molecule has 0 spiro atoms. The van der Waals surface area contributed by atoms with Gasteiger partial charge in [0.2, 0.25) is 0 Å². The fraction of sp³-hybridized carbons (Fsp3) is 0.118. The Labute approximate surface area is 128 Å². The summed E-state index contributed by atoms with van der Waals surface area (Å²) in [7, 11) is 0. The van der Waals surface area contributed by atoms with Gasteiger partial charge in [-0.3, -0.25) is 4.98 Å². The predicted molar refractivity (Wildman–Crippen MR) is 85.9 cm³/mol. The quantitative estimate of drug-likeness (QED) is 0.762. The highest BCUT2D eigenvalue weighted by Gasteiger charge is 2.07. The van der Waals surface area contributed by atoms with E-state index in [0.29, 0.717) is 16.5 Å². The topological polar surface area (TPSA) is 48.1 Å². The van der Waals surface area contributed by atoms with Gasteiger partial charge in [0, 0.05) is 23.7 Å². The Morgan fingerprint density at radius 2 is 2.00 bits per heavy atom. The first-order chi connectivity index (χ1) is 10.1. The minimum atomic E-state index is -0.0542. The van der Waals surface area contributed by atoms with E-state index in [1.807, 2.05) is 55.5 Å². The molecular formula is C17H15ClN2O. The van der Waals surface area contributed by atoms with Crippen molar-refractivity contribution in [2.24, 2.45) is 5.73 Å². The van der Waals surface area contributed by atoms with Crippen molar-refractivity contribution in [2.45, 2.75) is 13.0 Å². The molecule has 0 fully saturated rings. The number of hydrogen-bond acceptors (Lipinski definition) is 3. The van der Waals surface area contributed by atoms with Gasteiger partial charge in [-0.25, -0.2) is 0 Å². The van der Waals surface area contributed by atoms with E-state index in [9.17, 15) is 0 Å². The van der Waals surface area contributed by atoms with Gasteiger partial charge < -0.3 is 10.5 Å². The second-order valence-electron chi connectivity index (χ2n) is 4.94. The summed E-state index contributed by atoms with van der Waals surface area (Å²) in [5, 5.41) is 1.62. The maximum Gasteiger partial charge on any atom is 0.146 e. The van der Waals surface area contributed by atoms with E-state index in [2.05, 4.69) is 4.98 Å². The van der Waals surface area contributed by atoms with Crippen molar-refractivity contribution in [3.05, 3.63) is 65.3 Å². The molecule has 1 aromatic heterocycles. The Balaban J connectivity index is 1.91. The summed E-state index contributed by atoms with van der Waals surface area (Å²) in [6.45, 7) is 1.92. The third-order valence-corrected chi connectivity index (χ3v) is 3.58. The molecule has 2 N–H and O–H groups in total. The average molecular weight is 299 g/mol. The maximum atomic E-state index is 6.25. The molecule has 3 aromatic rings. The van der Waals surface area contributed by atoms with Crippen molar-refractivity contribution >= 4 is 22.5 Å². The second-order valence-corrected chi connectivity index (χ2v) is 5.35. The number of ether oxygens (including phenoxy) is 1. The number of nitrogens with two attached hydrogens (primary N) is 1. The fourth-order valence-electron chi connectivity index (χ4n) is 2.12. The first kappa shape index (κ1) is 13.9. The molecule has 0 bridgehead atoms. The summed E-state index contributed by atoms with van der Waals surface area (Å²) in [4.78, 5) is 4.31. The maximum absolute atomic E-state index is 6.25. The van der Waals surface area contributed by atoms with Crippen LogP contribution in [0.2, 0.25) is 5.02 Å². The molecule has 21 heavy (non-hydrogen) atoms. The molecule has 2 aromatic carbocycles. The van der Waals surface area contributed by atoms with Crippen molar-refractivity contribution in [2.75, 3.05) is 0 Å². The van der Waals surface area contributed by atoms with Gasteiger partial charge in [-0.2, -0.15) is 0 Å². The molecule has 3 nitrogen and oxygen atoms in total. The normalized spacial score (nSPS) is 12.3. The number of halogens is 1. The van der Waals surface area contributed by atoms with Crippen LogP contribution in [0.1, 0.15) is 18.5 Å². The summed E-state index contributed by atoms with van der Waals surface area (Å²) in [5.74, 6) is 1.31. The Morgan fingerprint density at radius 1 is 1.14 bits per heavy atom. The molecule has 0 aliphatic heterocycles. The lowest BCUT2D eigenvalue weighted by atomic mass is 10.1. The number of hydrogen-bond donors (Lipinski definition) is 1. The summed E-state index contributed by atoms with van der Waals surface area (Å²) >= 11 is 6.25. The van der Waals surface area contributed by atoms with E-state index in [1.54, 1.807) is 6.20 Å². The number of nitrogens with zero attached hydrogens (tertiary/aromatic N) is 1. The van der Waals surface area contributed by atoms with Crippen LogP contribution in [0.5, 0.6) is 11.5 Å². The first-order valence-electron chi connectivity index (χ1n) is 6.71. The second kappa shape index (κ2) is 5.72. The minimum Gasteiger partial charge on any atom is -0.456 e. The van der Waals surface area contributed by atoms with Gasteiger partial charge in [0.05, 0.1) is 10.5 Å². The van der Waals surface area contributed by atoms with Gasteiger partial charge >= 0.3 is 0 Å². The monoisotopic (exact) mass is 298 g/mol. The molecule has 0 saturated carbocycles. The highest BCUT2D eigenvalue weighted by atomic mass is 35.5. The molecule has 0 aliphatic rings. The third-order valence-electron chi connectivity index (χ3n) is 3.29. The Morgan fingerprint density at radius 3 is 2.76 bits per heavy atom. The molecule has 0 radical (unpaired) electrons. The van der Waals surface area contributed by atoms with E-state index in [0.717, 1.165) is 16.5 Å². The molecule has 0 aliphatic carbocycles. The summed E-state index contributed by atoms with van der Waals surface area (Å²) < 4.78 is 5.84. The number of aromatic nitrogens is 1. The van der Waals surface area contributed by atoms with Gasteiger partial charge in [0.15, 0.2) is 0 Å². The lowest BCUT2D eigenvalue weighted by Crippen LogP contribution is -2.04. The largest absolute Gasteiger partial charge is 0.456 e. The van der Waals surface area contributed by atoms with Gasteiger partial charge in [0.25, 0.3) is 0 Å². The van der Waals surface area contributed by atoms with E-state index in [1.165, 1.54) is 0 Å². The number of benzene rings is 2. The van der Waals surface area contributed by atoms with Gasteiger partial charge in [-0.1, -0.05) is 23.7 Å². The average Bonchev–Trinajstić information content (AvgIpc) is 2.49. The van der Waals surface area contributed by atoms with Crippen LogP contribution in [0.3, 0.4) is 0 Å². The molecule has 1 unspecified atom stereocenters. The van der Waals surface area contributed by atoms with E-state index >= 15 is 0 Å². The lowest BCUT2D eigenvalue weighted by molar-refractivity contribution is 0.483. The van der Waals surface area contributed by atoms with Crippen LogP contribution >= 0.6 is 11.6 Å². The zero-order valence-corrected chi connectivity index (χ0v) is 12.3. The summed E-state index contributed by atoms with van der Waals surface area (Å²) in [6, 6.07) is 15.2. The van der Waals surface area contributed by atoms with Crippen molar-refractivity contribution in [3.63, 3.8) is 0 Å². The lowest BCUT2D eigenvalue weighted by Gasteiger charge is -2.11. The van der Waals surface area contributed by atoms with Crippen LogP contribution in [-0.4, -0.2) is 4.98 Å². The molecule has 106 valence electrons. The number of fused-ring (bicyclic) bond motifs is 1. The fourth-order valence-corrected chi connectivity index (χ4v) is 2.35. The van der Waals surface area contributed by atoms with Crippen molar-refractivity contribution in [1.29, 1.82) is 0 Å². The molecule has 0 amide bonds. The van der Waals surface area contributed by atoms with Gasteiger partial charge in [-0.15, -0.1) is 0 Å². The highest BCUT2D eigenvalue weighted by molar-refractivity contribution is 6.32. The van der Waals surface area contributed by atoms with Gasteiger partial charge in [0.1, 0.15) is 11.5 Å². The van der Waals surface area contributed by atoms with Crippen LogP contribution in [0.25, 0.3) is 10.9 Å². The molecule has 1 atom stereocenters. The Bertz CT molecular complexity index is 787. The molecule has 0 saturated heterocycles. The third kappa shape index (κ3) is 2.99. The molecule has 3 rings (SSSR count). The zero-order chi connectivity index (χ0) is 14.8. The SMILES string of the molecule is CC(N)c1ccc(Oc2ccc3cccnc3c2)c(Cl)c1. The Kier molecular flexibility index (Phi) is 3.78. The smallest absolute Gasteiger partial charge is 0.146 e. The van der Waals surface area contributed by atoms with Crippen LogP contribution in [0.15, 0.2) is 54.7 Å². The number of pyridine rings is 1. The van der Waals surface area contributed by atoms with E-state index in [-0.39, 0.29) is 6.04 Å². The van der Waals surface area contributed by atoms with Crippen LogP contribution < -0.4 is 10.5 Å². The van der Waals surface area contributed by atoms with E-state index in [4.69, 9.17) is 22.1 Å². The van der Waals surface area contributed by atoms with Crippen molar-refractivity contribution in [3.8, 4) is 11.5 Å². The first-order valence-corrected chi connectivity index (χ1v) is 7.09. The van der Waals surface area contributed by atoms with Crippen LogP contribution in [-0.2, 0) is 0 Å². The van der Waals surface area contributed by atoms with Crippen LogP contribution in [0, 0.1) is 0 Å². The Hall–Kier alpha value is -2.10. The van der Waals surface area contributed by atoms with Gasteiger partial charge in [-0.05, 0) is 42.8 Å². The van der Waals surface area contributed by atoms with Crippen molar-refractivity contribution < 1.29 is 4.74 Å². The molecular weight excluding hydrogens is 284 g/mol. The molecule has 1 heterocycles. The standard InChI is InChI=1S/C17H15ClN2O/c1-11(19)13-5-7-17(15(18)9-13)21-14-6-4-12-3-2-8-20-16(12)10-14/h2-11H,19H2,1H3. The van der Waals surface area contributed by atoms with Crippen LogP contribution in [0.4, 0.5) is 0 Å². The summed E-state index contributed by atoms with van der Waals surface area (Å²) in [5.41, 5.74) is 7.71. The van der Waals surface area contributed by atoms with E-state index < -0.39 is 0 Å². The zero-order valence-electron chi connectivity index (χ0n) is 11.6. The minimum absolute atomic E-state index is 0.0542. The van der Waals surface area contributed by atoms with Crippen molar-refractivity contribution in [1.82, 2.24) is 4.98 Å². The summed E-state index contributed by atoms with van der Waals surface area (Å²) in [6.07, 6.45) is 1.76. The highest BCUT2D eigenvalue weighted by Crippen LogP contribution is 2.32. The molecule has 4 heteroatoms.